The number of hydrogen-bond donors (Lipinski definition) is 0. The zero-order chi connectivity index (χ0) is 39.9. The van der Waals surface area contributed by atoms with Crippen LogP contribution < -0.4 is 0 Å². The van der Waals surface area contributed by atoms with E-state index in [2.05, 4.69) is 41.5 Å². The maximum absolute atomic E-state index is 12.7. The second-order valence-electron chi connectivity index (χ2n) is 17.8. The summed E-state index contributed by atoms with van der Waals surface area (Å²) >= 11 is 0. The molecule has 0 spiro atoms. The normalized spacial score (nSPS) is 12.2. The van der Waals surface area contributed by atoms with Crippen LogP contribution in [0.4, 0.5) is 0 Å². The quantitative estimate of drug-likeness (QED) is 0.0350. The molecule has 0 rings (SSSR count). The highest BCUT2D eigenvalue weighted by Crippen LogP contribution is 2.17. The van der Waals surface area contributed by atoms with Gasteiger partial charge in [-0.15, -0.1) is 0 Å². The minimum Gasteiger partial charge on any atom is -0.462 e. The molecule has 0 aromatic carbocycles. The van der Waals surface area contributed by atoms with Gasteiger partial charge in [0.05, 0.1) is 0 Å². The Hall–Kier alpha value is -1.59. The van der Waals surface area contributed by atoms with Gasteiger partial charge in [0.1, 0.15) is 13.2 Å². The Kier molecular flexibility index (Phi) is 38.5. The van der Waals surface area contributed by atoms with Crippen molar-refractivity contribution in [3.05, 3.63) is 0 Å². The lowest BCUT2D eigenvalue weighted by molar-refractivity contribution is -0.167. The van der Waals surface area contributed by atoms with Crippen molar-refractivity contribution in [1.82, 2.24) is 0 Å². The minimum atomic E-state index is -0.762. The molecule has 0 fully saturated rings. The van der Waals surface area contributed by atoms with Crippen molar-refractivity contribution in [3.8, 4) is 0 Å². The molecule has 6 heteroatoms. The highest BCUT2D eigenvalue weighted by atomic mass is 16.6. The molecule has 0 aromatic rings. The predicted octanol–water partition coefficient (Wildman–Crippen LogP) is 14.8. The van der Waals surface area contributed by atoms with Crippen LogP contribution in [0.3, 0.4) is 0 Å². The van der Waals surface area contributed by atoms with E-state index in [1.165, 1.54) is 135 Å². The fourth-order valence-corrected chi connectivity index (χ4v) is 7.06. The number of ether oxygens (including phenoxy) is 3. The zero-order valence-corrected chi connectivity index (χ0v) is 37.0. The molecule has 0 bridgehead atoms. The first-order chi connectivity index (χ1) is 26.1. The molecule has 0 saturated carbocycles. The molecule has 0 heterocycles. The molecule has 0 saturated heterocycles. The van der Waals surface area contributed by atoms with Crippen LogP contribution in [-0.2, 0) is 28.6 Å². The summed E-state index contributed by atoms with van der Waals surface area (Å²) < 4.78 is 16.7. The van der Waals surface area contributed by atoms with Gasteiger partial charge in [0.25, 0.3) is 0 Å². The van der Waals surface area contributed by atoms with E-state index >= 15 is 0 Å². The molecular weight excluding hydrogens is 673 g/mol. The number of rotatable bonds is 41. The van der Waals surface area contributed by atoms with Crippen LogP contribution in [0.25, 0.3) is 0 Å². The minimum absolute atomic E-state index is 0.0662. The number of carbonyl (C=O) groups is 3. The van der Waals surface area contributed by atoms with Crippen LogP contribution in [-0.4, -0.2) is 37.2 Å². The lowest BCUT2D eigenvalue weighted by Crippen LogP contribution is -2.30. The van der Waals surface area contributed by atoms with Crippen LogP contribution in [0, 0.1) is 17.8 Å². The molecule has 0 amide bonds. The van der Waals surface area contributed by atoms with Gasteiger partial charge < -0.3 is 14.2 Å². The van der Waals surface area contributed by atoms with E-state index in [9.17, 15) is 14.4 Å². The van der Waals surface area contributed by atoms with Crippen LogP contribution in [0.1, 0.15) is 253 Å². The summed E-state index contributed by atoms with van der Waals surface area (Å²) in [5.41, 5.74) is 0. The molecule has 320 valence electrons. The van der Waals surface area contributed by atoms with Crippen molar-refractivity contribution in [2.45, 2.75) is 260 Å². The molecule has 0 radical (unpaired) electrons. The summed E-state index contributed by atoms with van der Waals surface area (Å²) in [6.07, 6.45) is 36.7. The van der Waals surface area contributed by atoms with E-state index in [1.54, 1.807) is 0 Å². The Morgan fingerprint density at radius 3 is 0.796 bits per heavy atom. The highest BCUT2D eigenvalue weighted by Gasteiger charge is 2.19. The molecule has 0 aliphatic rings. The topological polar surface area (TPSA) is 78.9 Å². The van der Waals surface area contributed by atoms with E-state index in [1.807, 2.05) is 0 Å². The third-order valence-electron chi connectivity index (χ3n) is 10.6. The van der Waals surface area contributed by atoms with Gasteiger partial charge in [-0.2, -0.15) is 0 Å². The Balaban J connectivity index is 4.33. The monoisotopic (exact) mass is 765 g/mol. The predicted molar refractivity (Wildman–Crippen MR) is 229 cm³/mol. The molecule has 1 atom stereocenters. The SMILES string of the molecule is CC(C)CCCCCCCCCCCCCC(=O)OC[C@@H](COC(=O)CCCCCCCCCC(C)C)OC(=O)CCCCCCCCCCCC(C)C. The van der Waals surface area contributed by atoms with Crippen LogP contribution >= 0.6 is 0 Å². The van der Waals surface area contributed by atoms with Gasteiger partial charge in [-0.25, -0.2) is 0 Å². The van der Waals surface area contributed by atoms with E-state index in [0.717, 1.165) is 75.5 Å². The largest absolute Gasteiger partial charge is 0.462 e. The molecule has 0 aliphatic heterocycles. The molecule has 0 aromatic heterocycles. The summed E-state index contributed by atoms with van der Waals surface area (Å²) in [5, 5.41) is 0. The van der Waals surface area contributed by atoms with E-state index in [0.29, 0.717) is 19.3 Å². The lowest BCUT2D eigenvalue weighted by atomic mass is 10.0. The van der Waals surface area contributed by atoms with Gasteiger partial charge in [-0.3, -0.25) is 14.4 Å². The standard InChI is InChI=1S/C48H92O6/c1-42(2)34-28-22-16-11-8-7-9-13-19-25-31-37-46(49)52-40-45(41-53-47(50)38-32-26-21-15-18-24-30-36-44(5)6)54-48(51)39-33-27-20-14-10-12-17-23-29-35-43(3)4/h42-45H,7-41H2,1-6H3/t45-/m0/s1. The van der Waals surface area contributed by atoms with Gasteiger partial charge in [-0.05, 0) is 37.0 Å². The number of carbonyl (C=O) groups excluding carboxylic acids is 3. The third-order valence-corrected chi connectivity index (χ3v) is 10.6. The highest BCUT2D eigenvalue weighted by molar-refractivity contribution is 5.71. The lowest BCUT2D eigenvalue weighted by Gasteiger charge is -2.18. The van der Waals surface area contributed by atoms with Gasteiger partial charge in [-0.1, -0.05) is 215 Å². The van der Waals surface area contributed by atoms with Crippen LogP contribution in [0.2, 0.25) is 0 Å². The number of unbranched alkanes of at least 4 members (excludes halogenated alkanes) is 24. The van der Waals surface area contributed by atoms with E-state index in [-0.39, 0.29) is 31.1 Å². The van der Waals surface area contributed by atoms with Gasteiger partial charge >= 0.3 is 17.9 Å². The summed E-state index contributed by atoms with van der Waals surface area (Å²) in [4.78, 5) is 37.7. The fourth-order valence-electron chi connectivity index (χ4n) is 7.06. The van der Waals surface area contributed by atoms with Crippen molar-refractivity contribution >= 4 is 17.9 Å². The smallest absolute Gasteiger partial charge is 0.306 e. The van der Waals surface area contributed by atoms with Gasteiger partial charge in [0.15, 0.2) is 6.10 Å². The molecule has 0 unspecified atom stereocenters. The molecular formula is C48H92O6. The molecule has 54 heavy (non-hydrogen) atoms. The van der Waals surface area contributed by atoms with Crippen molar-refractivity contribution in [3.63, 3.8) is 0 Å². The fraction of sp³-hybridized carbons (Fsp3) is 0.938. The van der Waals surface area contributed by atoms with E-state index < -0.39 is 6.10 Å². The molecule has 0 aliphatic carbocycles. The molecule has 0 N–H and O–H groups in total. The average Bonchev–Trinajstić information content (AvgIpc) is 3.12. The van der Waals surface area contributed by atoms with Crippen LogP contribution in [0.15, 0.2) is 0 Å². The van der Waals surface area contributed by atoms with Crippen molar-refractivity contribution in [2.24, 2.45) is 17.8 Å². The maximum Gasteiger partial charge on any atom is 0.306 e. The summed E-state index contributed by atoms with van der Waals surface area (Å²) in [6, 6.07) is 0. The van der Waals surface area contributed by atoms with Crippen molar-refractivity contribution < 1.29 is 28.6 Å². The van der Waals surface area contributed by atoms with Gasteiger partial charge in [0, 0.05) is 19.3 Å². The van der Waals surface area contributed by atoms with Gasteiger partial charge in [0.2, 0.25) is 0 Å². The van der Waals surface area contributed by atoms with Crippen molar-refractivity contribution in [1.29, 1.82) is 0 Å². The van der Waals surface area contributed by atoms with Crippen molar-refractivity contribution in [2.75, 3.05) is 13.2 Å². The zero-order valence-electron chi connectivity index (χ0n) is 37.0. The first-order valence-electron chi connectivity index (χ1n) is 23.6. The second kappa shape index (κ2) is 39.6. The average molecular weight is 765 g/mol. The Bertz CT molecular complexity index is 837. The Morgan fingerprint density at radius 1 is 0.315 bits per heavy atom. The number of esters is 3. The summed E-state index contributed by atoms with van der Waals surface area (Å²) in [5.74, 6) is 1.55. The Labute approximate surface area is 336 Å². The first kappa shape index (κ1) is 52.4. The van der Waals surface area contributed by atoms with E-state index in [4.69, 9.17) is 14.2 Å². The summed E-state index contributed by atoms with van der Waals surface area (Å²) in [7, 11) is 0. The molecule has 6 nitrogen and oxygen atoms in total. The second-order valence-corrected chi connectivity index (χ2v) is 17.8. The summed E-state index contributed by atoms with van der Waals surface area (Å²) in [6.45, 7) is 13.6. The third kappa shape index (κ3) is 41.6. The first-order valence-corrected chi connectivity index (χ1v) is 23.6. The maximum atomic E-state index is 12.7. The number of hydrogen-bond acceptors (Lipinski definition) is 6. The Morgan fingerprint density at radius 2 is 0.537 bits per heavy atom. The van der Waals surface area contributed by atoms with Crippen LogP contribution in [0.5, 0.6) is 0 Å².